The molecule has 2 heterocycles. The van der Waals surface area contributed by atoms with Gasteiger partial charge in [0.25, 0.3) is 0 Å². The Morgan fingerprint density at radius 3 is 3.00 bits per heavy atom. The molecule has 14 heavy (non-hydrogen) atoms. The summed E-state index contributed by atoms with van der Waals surface area (Å²) in [6.07, 6.45) is 5.83. The highest BCUT2D eigenvalue weighted by atomic mass is 32.2. The van der Waals surface area contributed by atoms with Crippen LogP contribution in [0, 0.1) is 0 Å². The first-order valence-electron chi connectivity index (χ1n) is 4.86. The molecule has 0 bridgehead atoms. The van der Waals surface area contributed by atoms with Crippen molar-refractivity contribution in [1.29, 1.82) is 0 Å². The standard InChI is InChI=1S/C10H13NOS2/c12-4-1-9-7-11-10(14-9)8-2-5-13-6-3-8/h4,7-8H,1-3,5-6H2. The van der Waals surface area contributed by atoms with Gasteiger partial charge in [0, 0.05) is 23.4 Å². The minimum absolute atomic E-state index is 0.527. The molecule has 0 amide bonds. The maximum absolute atomic E-state index is 10.3. The van der Waals surface area contributed by atoms with E-state index in [1.54, 1.807) is 11.3 Å². The minimum Gasteiger partial charge on any atom is -0.303 e. The Kier molecular flexibility index (Phi) is 3.59. The van der Waals surface area contributed by atoms with Crippen LogP contribution in [0.1, 0.15) is 28.6 Å². The largest absolute Gasteiger partial charge is 0.303 e. The maximum Gasteiger partial charge on any atom is 0.125 e. The average Bonchev–Trinajstić information content (AvgIpc) is 2.68. The summed E-state index contributed by atoms with van der Waals surface area (Å²) in [6.45, 7) is 0. The second-order valence-corrected chi connectivity index (χ2v) is 5.79. The number of hydrogen-bond donors (Lipinski definition) is 0. The minimum atomic E-state index is 0.527. The zero-order chi connectivity index (χ0) is 9.80. The molecular formula is C10H13NOS2. The van der Waals surface area contributed by atoms with Crippen molar-refractivity contribution in [3.8, 4) is 0 Å². The van der Waals surface area contributed by atoms with Crippen molar-refractivity contribution in [2.45, 2.75) is 25.2 Å². The predicted octanol–water partition coefficient (Wildman–Crippen LogP) is 2.50. The van der Waals surface area contributed by atoms with Crippen molar-refractivity contribution < 1.29 is 4.79 Å². The Morgan fingerprint density at radius 1 is 1.50 bits per heavy atom. The van der Waals surface area contributed by atoms with Gasteiger partial charge in [0.15, 0.2) is 0 Å². The van der Waals surface area contributed by atoms with Gasteiger partial charge in [-0.05, 0) is 24.3 Å². The van der Waals surface area contributed by atoms with E-state index >= 15 is 0 Å². The number of aromatic nitrogens is 1. The molecule has 1 saturated heterocycles. The third kappa shape index (κ3) is 2.36. The number of rotatable bonds is 3. The zero-order valence-corrected chi connectivity index (χ0v) is 9.57. The lowest BCUT2D eigenvalue weighted by Crippen LogP contribution is -2.07. The van der Waals surface area contributed by atoms with Gasteiger partial charge in [-0.25, -0.2) is 4.98 Å². The van der Waals surface area contributed by atoms with Crippen LogP contribution in [0.4, 0.5) is 0 Å². The van der Waals surface area contributed by atoms with E-state index in [2.05, 4.69) is 4.98 Å². The van der Waals surface area contributed by atoms with Crippen molar-refractivity contribution in [3.05, 3.63) is 16.1 Å². The number of thioether (sulfide) groups is 1. The Bertz CT molecular complexity index is 305. The molecule has 1 aliphatic rings. The van der Waals surface area contributed by atoms with Crippen LogP contribution in [0.3, 0.4) is 0 Å². The number of hydrogen-bond acceptors (Lipinski definition) is 4. The average molecular weight is 227 g/mol. The third-order valence-corrected chi connectivity index (χ3v) is 4.66. The fraction of sp³-hybridized carbons (Fsp3) is 0.600. The number of carbonyl (C=O) groups is 1. The van der Waals surface area contributed by atoms with Crippen molar-refractivity contribution in [2.24, 2.45) is 0 Å². The van der Waals surface area contributed by atoms with Gasteiger partial charge in [-0.3, -0.25) is 0 Å². The van der Waals surface area contributed by atoms with Crippen molar-refractivity contribution in [2.75, 3.05) is 11.5 Å². The van der Waals surface area contributed by atoms with Crippen LogP contribution >= 0.6 is 23.1 Å². The van der Waals surface area contributed by atoms with E-state index in [0.29, 0.717) is 12.3 Å². The molecule has 0 aromatic carbocycles. The molecule has 4 heteroatoms. The second kappa shape index (κ2) is 4.94. The quantitative estimate of drug-likeness (QED) is 0.743. The molecule has 0 atom stereocenters. The van der Waals surface area contributed by atoms with E-state index in [4.69, 9.17) is 0 Å². The Balaban J connectivity index is 2.03. The van der Waals surface area contributed by atoms with Gasteiger partial charge in [-0.15, -0.1) is 11.3 Å². The Morgan fingerprint density at radius 2 is 2.29 bits per heavy atom. The summed E-state index contributed by atoms with van der Waals surface area (Å²) in [5.41, 5.74) is 0. The first-order chi connectivity index (χ1) is 6.90. The van der Waals surface area contributed by atoms with E-state index in [0.717, 1.165) is 11.2 Å². The molecule has 2 rings (SSSR count). The summed E-state index contributed by atoms with van der Waals surface area (Å²) in [7, 11) is 0. The maximum atomic E-state index is 10.3. The fourth-order valence-electron chi connectivity index (χ4n) is 1.63. The monoisotopic (exact) mass is 227 g/mol. The van der Waals surface area contributed by atoms with Crippen LogP contribution in [-0.4, -0.2) is 22.8 Å². The highest BCUT2D eigenvalue weighted by molar-refractivity contribution is 7.99. The summed E-state index contributed by atoms with van der Waals surface area (Å²) in [5, 5.41) is 1.24. The van der Waals surface area contributed by atoms with Gasteiger partial charge < -0.3 is 4.79 Å². The van der Waals surface area contributed by atoms with Crippen LogP contribution in [0.2, 0.25) is 0 Å². The Labute approximate surface area is 92.1 Å². The first-order valence-corrected chi connectivity index (χ1v) is 6.83. The van der Waals surface area contributed by atoms with E-state index in [1.165, 1.54) is 29.4 Å². The molecule has 0 aliphatic carbocycles. The smallest absolute Gasteiger partial charge is 0.125 e. The van der Waals surface area contributed by atoms with Gasteiger partial charge in [0.2, 0.25) is 0 Å². The summed E-state index contributed by atoms with van der Waals surface area (Å²) >= 11 is 3.74. The van der Waals surface area contributed by atoms with E-state index in [9.17, 15) is 4.79 Å². The molecular weight excluding hydrogens is 214 g/mol. The predicted molar refractivity (Wildman–Crippen MR) is 61.2 cm³/mol. The number of thiazole rings is 1. The number of carbonyl (C=O) groups excluding carboxylic acids is 1. The summed E-state index contributed by atoms with van der Waals surface area (Å²) in [5.74, 6) is 3.17. The SMILES string of the molecule is O=CCc1cnc(C2CCSCC2)s1. The molecule has 0 radical (unpaired) electrons. The normalized spacial score (nSPS) is 18.3. The molecule has 1 aromatic heterocycles. The van der Waals surface area contributed by atoms with Gasteiger partial charge in [0.05, 0.1) is 5.01 Å². The van der Waals surface area contributed by atoms with Crippen LogP contribution < -0.4 is 0 Å². The lowest BCUT2D eigenvalue weighted by Gasteiger charge is -2.18. The lowest BCUT2D eigenvalue weighted by molar-refractivity contribution is -0.107. The van der Waals surface area contributed by atoms with E-state index in [1.807, 2.05) is 18.0 Å². The molecule has 1 aliphatic heterocycles. The van der Waals surface area contributed by atoms with Crippen LogP contribution in [0.15, 0.2) is 6.20 Å². The Hall–Kier alpha value is -0.350. The van der Waals surface area contributed by atoms with E-state index < -0.39 is 0 Å². The van der Waals surface area contributed by atoms with Crippen LogP contribution in [0.25, 0.3) is 0 Å². The van der Waals surface area contributed by atoms with Gasteiger partial charge in [-0.2, -0.15) is 11.8 Å². The van der Waals surface area contributed by atoms with Gasteiger partial charge >= 0.3 is 0 Å². The molecule has 0 unspecified atom stereocenters. The molecule has 76 valence electrons. The summed E-state index contributed by atoms with van der Waals surface area (Å²) in [4.78, 5) is 15.8. The molecule has 0 N–H and O–H groups in total. The third-order valence-electron chi connectivity index (χ3n) is 2.43. The van der Waals surface area contributed by atoms with Crippen molar-refractivity contribution >= 4 is 29.4 Å². The summed E-state index contributed by atoms with van der Waals surface area (Å²) < 4.78 is 0. The lowest BCUT2D eigenvalue weighted by atomic mass is 10.0. The topological polar surface area (TPSA) is 30.0 Å². The number of nitrogens with zero attached hydrogens (tertiary/aromatic N) is 1. The van der Waals surface area contributed by atoms with Crippen molar-refractivity contribution in [3.63, 3.8) is 0 Å². The second-order valence-electron chi connectivity index (χ2n) is 3.42. The molecule has 1 aromatic rings. The highest BCUT2D eigenvalue weighted by Gasteiger charge is 2.18. The zero-order valence-electron chi connectivity index (χ0n) is 7.94. The van der Waals surface area contributed by atoms with Crippen LogP contribution in [-0.2, 0) is 11.2 Å². The van der Waals surface area contributed by atoms with Gasteiger partial charge in [-0.1, -0.05) is 0 Å². The molecule has 1 fully saturated rings. The molecule has 0 saturated carbocycles. The summed E-state index contributed by atoms with van der Waals surface area (Å²) in [6, 6.07) is 0. The van der Waals surface area contributed by atoms with Crippen LogP contribution in [0.5, 0.6) is 0 Å². The van der Waals surface area contributed by atoms with Gasteiger partial charge in [0.1, 0.15) is 6.29 Å². The fourth-order valence-corrected chi connectivity index (χ4v) is 3.77. The molecule has 0 spiro atoms. The highest BCUT2D eigenvalue weighted by Crippen LogP contribution is 2.33. The first kappa shape index (κ1) is 10.2. The van der Waals surface area contributed by atoms with E-state index in [-0.39, 0.29) is 0 Å². The van der Waals surface area contributed by atoms with Crippen molar-refractivity contribution in [1.82, 2.24) is 4.98 Å². The number of aldehydes is 1. The molecule has 2 nitrogen and oxygen atoms in total.